The van der Waals surface area contributed by atoms with Gasteiger partial charge in [-0.25, -0.2) is 9.18 Å². The van der Waals surface area contributed by atoms with Crippen LogP contribution in [0.15, 0.2) is 34.7 Å². The molecule has 1 unspecified atom stereocenters. The van der Waals surface area contributed by atoms with Crippen molar-refractivity contribution in [3.8, 4) is 0 Å². The Morgan fingerprint density at radius 3 is 3.00 bits per heavy atom. The molecule has 6 heteroatoms. The molecular weight excluding hydrogens is 313 g/mol. The molecule has 5 nitrogen and oxygen atoms in total. The van der Waals surface area contributed by atoms with Crippen molar-refractivity contribution in [1.29, 1.82) is 0 Å². The molecule has 1 aromatic heterocycles. The lowest BCUT2D eigenvalue weighted by Gasteiger charge is -2.23. The monoisotopic (exact) mass is 333 g/mol. The molecule has 1 aliphatic rings. The molecule has 0 radical (unpaired) electrons. The third kappa shape index (κ3) is 3.49. The smallest absolute Gasteiger partial charge is 0.336 e. The van der Waals surface area contributed by atoms with E-state index < -0.39 is 11.8 Å². The summed E-state index contributed by atoms with van der Waals surface area (Å²) in [6.07, 6.45) is 1.96. The molecule has 0 aliphatic carbocycles. The van der Waals surface area contributed by atoms with E-state index in [1.165, 1.54) is 6.07 Å². The number of carboxylic acids is 1. The largest absolute Gasteiger partial charge is 0.478 e. The van der Waals surface area contributed by atoms with Gasteiger partial charge in [-0.05, 0) is 49.2 Å². The molecule has 3 rings (SSSR count). The van der Waals surface area contributed by atoms with E-state index in [1.807, 2.05) is 12.1 Å². The van der Waals surface area contributed by atoms with Crippen molar-refractivity contribution in [3.05, 3.63) is 58.8 Å². The van der Waals surface area contributed by atoms with Crippen LogP contribution < -0.4 is 0 Å². The van der Waals surface area contributed by atoms with Crippen LogP contribution in [0.3, 0.4) is 0 Å². The Balaban J connectivity index is 1.80. The summed E-state index contributed by atoms with van der Waals surface area (Å²) in [5.74, 6) is -0.0177. The number of benzene rings is 1. The Bertz CT molecular complexity index is 728. The second kappa shape index (κ2) is 7.15. The predicted octanol–water partition coefficient (Wildman–Crippen LogP) is 3.60. The highest BCUT2D eigenvalue weighted by molar-refractivity contribution is 5.89. The highest BCUT2D eigenvalue weighted by Crippen LogP contribution is 2.34. The maximum Gasteiger partial charge on any atom is 0.336 e. The van der Waals surface area contributed by atoms with E-state index in [1.54, 1.807) is 13.2 Å². The van der Waals surface area contributed by atoms with Gasteiger partial charge in [-0.1, -0.05) is 6.07 Å². The topological polar surface area (TPSA) is 62.9 Å². The molecule has 128 valence electrons. The van der Waals surface area contributed by atoms with Crippen molar-refractivity contribution in [1.82, 2.24) is 4.90 Å². The highest BCUT2D eigenvalue weighted by Gasteiger charge is 2.29. The van der Waals surface area contributed by atoms with Crippen LogP contribution in [0.1, 0.15) is 46.3 Å². The van der Waals surface area contributed by atoms with Crippen molar-refractivity contribution in [2.45, 2.75) is 32.0 Å². The average Bonchev–Trinajstić information content (AvgIpc) is 3.18. The average molecular weight is 333 g/mol. The highest BCUT2D eigenvalue weighted by atomic mass is 19.1. The van der Waals surface area contributed by atoms with Gasteiger partial charge in [0.1, 0.15) is 23.9 Å². The molecular formula is C18H20FNO4. The number of likely N-dealkylation sites (tertiary alicyclic amines) is 1. The molecule has 1 saturated heterocycles. The number of hydrogen-bond donors (Lipinski definition) is 1. The van der Waals surface area contributed by atoms with E-state index >= 15 is 0 Å². The van der Waals surface area contributed by atoms with Gasteiger partial charge in [0.15, 0.2) is 0 Å². The molecule has 0 amide bonds. The molecule has 1 atom stereocenters. The third-order valence-corrected chi connectivity index (χ3v) is 4.34. The van der Waals surface area contributed by atoms with Crippen LogP contribution in [-0.4, -0.2) is 29.6 Å². The first-order valence-corrected chi connectivity index (χ1v) is 7.92. The Labute approximate surface area is 139 Å². The first-order valence-electron chi connectivity index (χ1n) is 7.92. The lowest BCUT2D eigenvalue weighted by molar-refractivity contribution is 0.0693. The van der Waals surface area contributed by atoms with Gasteiger partial charge in [0, 0.05) is 13.7 Å². The summed E-state index contributed by atoms with van der Waals surface area (Å²) in [7, 11) is 1.62. The fourth-order valence-electron chi connectivity index (χ4n) is 3.24. The van der Waals surface area contributed by atoms with Crippen molar-refractivity contribution in [3.63, 3.8) is 0 Å². The Morgan fingerprint density at radius 2 is 2.25 bits per heavy atom. The molecule has 1 N–H and O–H groups in total. The minimum atomic E-state index is -1.11. The first-order chi connectivity index (χ1) is 11.6. The summed E-state index contributed by atoms with van der Waals surface area (Å²) in [6.45, 7) is 1.72. The second-order valence-electron chi connectivity index (χ2n) is 5.97. The number of rotatable bonds is 6. The molecule has 1 fully saturated rings. The zero-order valence-corrected chi connectivity index (χ0v) is 13.5. The van der Waals surface area contributed by atoms with Crippen LogP contribution in [0.25, 0.3) is 0 Å². The van der Waals surface area contributed by atoms with E-state index in [0.29, 0.717) is 18.7 Å². The van der Waals surface area contributed by atoms with E-state index in [4.69, 9.17) is 9.15 Å². The summed E-state index contributed by atoms with van der Waals surface area (Å²) < 4.78 is 24.2. The van der Waals surface area contributed by atoms with Gasteiger partial charge in [0.05, 0.1) is 11.6 Å². The van der Waals surface area contributed by atoms with Crippen molar-refractivity contribution in [2.75, 3.05) is 13.7 Å². The molecule has 2 aromatic rings. The van der Waals surface area contributed by atoms with E-state index in [-0.39, 0.29) is 11.6 Å². The van der Waals surface area contributed by atoms with Crippen molar-refractivity contribution in [2.24, 2.45) is 0 Å². The van der Waals surface area contributed by atoms with Crippen LogP contribution in [-0.2, 0) is 17.9 Å². The molecule has 0 saturated carbocycles. The summed E-state index contributed by atoms with van der Waals surface area (Å²) in [4.78, 5) is 13.5. The van der Waals surface area contributed by atoms with Gasteiger partial charge in [-0.15, -0.1) is 0 Å². The minimum absolute atomic E-state index is 0.0140. The number of hydrogen-bond acceptors (Lipinski definition) is 4. The zero-order chi connectivity index (χ0) is 17.1. The molecule has 0 spiro atoms. The molecule has 1 aliphatic heterocycles. The number of nitrogens with zero attached hydrogens (tertiary/aromatic N) is 1. The van der Waals surface area contributed by atoms with Gasteiger partial charge in [0.25, 0.3) is 0 Å². The van der Waals surface area contributed by atoms with Crippen LogP contribution in [0.4, 0.5) is 4.39 Å². The third-order valence-electron chi connectivity index (χ3n) is 4.34. The number of carboxylic acid groups (broad SMARTS) is 1. The summed E-state index contributed by atoms with van der Waals surface area (Å²) >= 11 is 0. The van der Waals surface area contributed by atoms with Crippen LogP contribution in [0.5, 0.6) is 0 Å². The molecule has 24 heavy (non-hydrogen) atoms. The molecule has 1 aromatic carbocycles. The van der Waals surface area contributed by atoms with E-state index in [0.717, 1.165) is 37.0 Å². The fourth-order valence-corrected chi connectivity index (χ4v) is 3.24. The second-order valence-corrected chi connectivity index (χ2v) is 5.97. The van der Waals surface area contributed by atoms with E-state index in [2.05, 4.69) is 4.90 Å². The Morgan fingerprint density at radius 1 is 1.42 bits per heavy atom. The summed E-state index contributed by atoms with van der Waals surface area (Å²) in [6, 6.07) is 7.87. The Kier molecular flexibility index (Phi) is 4.97. The first kappa shape index (κ1) is 16.7. The minimum Gasteiger partial charge on any atom is -0.478 e. The maximum absolute atomic E-state index is 13.3. The van der Waals surface area contributed by atoms with Gasteiger partial charge < -0.3 is 14.3 Å². The normalized spacial score (nSPS) is 18.2. The Hall–Kier alpha value is -2.18. The quantitative estimate of drug-likeness (QED) is 0.875. The standard InChI is InChI=1S/C18H20FNO4/c1-23-11-14-6-7-17(24-14)16-3-2-8-20(16)10-12-4-5-13(19)9-15(12)18(21)22/h4-7,9,16H,2-3,8,10-11H2,1H3,(H,21,22). The lowest BCUT2D eigenvalue weighted by Crippen LogP contribution is -2.23. The van der Waals surface area contributed by atoms with Gasteiger partial charge in [-0.3, -0.25) is 4.90 Å². The molecule has 2 heterocycles. The van der Waals surface area contributed by atoms with E-state index in [9.17, 15) is 14.3 Å². The predicted molar refractivity (Wildman–Crippen MR) is 85.2 cm³/mol. The molecule has 0 bridgehead atoms. The number of methoxy groups -OCH3 is 1. The number of carbonyl (C=O) groups is 1. The lowest BCUT2D eigenvalue weighted by atomic mass is 10.1. The maximum atomic E-state index is 13.3. The zero-order valence-electron chi connectivity index (χ0n) is 13.5. The fraction of sp³-hybridized carbons (Fsp3) is 0.389. The van der Waals surface area contributed by atoms with Crippen LogP contribution in [0, 0.1) is 5.82 Å². The number of ether oxygens (including phenoxy) is 1. The van der Waals surface area contributed by atoms with Gasteiger partial charge >= 0.3 is 5.97 Å². The number of aromatic carboxylic acids is 1. The van der Waals surface area contributed by atoms with Crippen molar-refractivity contribution < 1.29 is 23.4 Å². The van der Waals surface area contributed by atoms with Crippen molar-refractivity contribution >= 4 is 5.97 Å². The van der Waals surface area contributed by atoms with Crippen LogP contribution in [0.2, 0.25) is 0 Å². The van der Waals surface area contributed by atoms with Crippen LogP contribution >= 0.6 is 0 Å². The summed E-state index contributed by atoms with van der Waals surface area (Å²) in [5, 5.41) is 9.29. The summed E-state index contributed by atoms with van der Waals surface area (Å²) in [5.41, 5.74) is 0.625. The SMILES string of the molecule is COCc1ccc(C2CCCN2Cc2ccc(F)cc2C(=O)O)o1. The number of halogens is 1. The van der Waals surface area contributed by atoms with Gasteiger partial charge in [-0.2, -0.15) is 0 Å². The van der Waals surface area contributed by atoms with Gasteiger partial charge in [0.2, 0.25) is 0 Å². The number of furan rings is 1.